The standard InChI is InChI=1S/C8H15NO2/c1-6-2-7(9)4-8(3-6)11-5-10/h5-8H,2-4,9H2,1H3. The Labute approximate surface area is 66.9 Å². The maximum absolute atomic E-state index is 10.0. The summed E-state index contributed by atoms with van der Waals surface area (Å²) in [5, 5.41) is 0. The average Bonchev–Trinajstić information content (AvgIpc) is 1.85. The molecule has 0 amide bonds. The smallest absolute Gasteiger partial charge is 0.293 e. The van der Waals surface area contributed by atoms with Crippen molar-refractivity contribution in [3.05, 3.63) is 0 Å². The highest BCUT2D eigenvalue weighted by Gasteiger charge is 2.24. The van der Waals surface area contributed by atoms with Gasteiger partial charge in [-0.1, -0.05) is 6.92 Å². The van der Waals surface area contributed by atoms with Crippen LogP contribution >= 0.6 is 0 Å². The predicted octanol–water partition coefficient (Wildman–Crippen LogP) is 0.675. The summed E-state index contributed by atoms with van der Waals surface area (Å²) < 4.78 is 4.86. The largest absolute Gasteiger partial charge is 0.465 e. The molecule has 3 nitrogen and oxygen atoms in total. The number of ether oxygens (including phenoxy) is 1. The van der Waals surface area contributed by atoms with Crippen molar-refractivity contribution >= 4 is 6.47 Å². The first kappa shape index (κ1) is 8.53. The lowest BCUT2D eigenvalue weighted by atomic mass is 9.85. The van der Waals surface area contributed by atoms with Crippen molar-refractivity contribution in [2.24, 2.45) is 11.7 Å². The van der Waals surface area contributed by atoms with Crippen molar-refractivity contribution < 1.29 is 9.53 Å². The first-order chi connectivity index (χ1) is 5.22. The van der Waals surface area contributed by atoms with Crippen LogP contribution in [0.5, 0.6) is 0 Å². The third-order valence-electron chi connectivity index (χ3n) is 2.18. The molecule has 0 aromatic carbocycles. The maximum atomic E-state index is 10.0. The molecule has 0 spiro atoms. The highest BCUT2D eigenvalue weighted by Crippen LogP contribution is 2.24. The number of carbonyl (C=O) groups is 1. The van der Waals surface area contributed by atoms with Gasteiger partial charge in [0.15, 0.2) is 0 Å². The van der Waals surface area contributed by atoms with E-state index in [-0.39, 0.29) is 12.1 Å². The van der Waals surface area contributed by atoms with E-state index in [0.717, 1.165) is 19.3 Å². The molecular formula is C8H15NO2. The molecule has 11 heavy (non-hydrogen) atoms. The van der Waals surface area contributed by atoms with Crippen LogP contribution in [0.25, 0.3) is 0 Å². The third kappa shape index (κ3) is 2.50. The molecule has 3 heteroatoms. The van der Waals surface area contributed by atoms with Gasteiger partial charge < -0.3 is 10.5 Å². The Bertz CT molecular complexity index is 128. The molecule has 1 aliphatic rings. The summed E-state index contributed by atoms with van der Waals surface area (Å²) >= 11 is 0. The van der Waals surface area contributed by atoms with Crippen LogP contribution in [0.1, 0.15) is 26.2 Å². The van der Waals surface area contributed by atoms with Crippen molar-refractivity contribution in [2.45, 2.75) is 38.3 Å². The van der Waals surface area contributed by atoms with Gasteiger partial charge in [0.2, 0.25) is 0 Å². The van der Waals surface area contributed by atoms with Crippen LogP contribution in [0, 0.1) is 5.92 Å². The van der Waals surface area contributed by atoms with E-state index in [1.54, 1.807) is 0 Å². The van der Waals surface area contributed by atoms with Gasteiger partial charge in [-0.25, -0.2) is 0 Å². The lowest BCUT2D eigenvalue weighted by Gasteiger charge is -2.29. The minimum absolute atomic E-state index is 0.0613. The van der Waals surface area contributed by atoms with E-state index in [2.05, 4.69) is 6.92 Å². The van der Waals surface area contributed by atoms with Crippen molar-refractivity contribution in [3.8, 4) is 0 Å². The van der Waals surface area contributed by atoms with Crippen LogP contribution in [0.3, 0.4) is 0 Å². The zero-order chi connectivity index (χ0) is 8.27. The fraction of sp³-hybridized carbons (Fsp3) is 0.875. The SMILES string of the molecule is CC1CC(N)CC(OC=O)C1. The first-order valence-electron chi connectivity index (χ1n) is 4.07. The lowest BCUT2D eigenvalue weighted by molar-refractivity contribution is -0.135. The Morgan fingerprint density at radius 3 is 2.73 bits per heavy atom. The van der Waals surface area contributed by atoms with Crippen LogP contribution in [-0.2, 0) is 9.53 Å². The Balaban J connectivity index is 2.36. The van der Waals surface area contributed by atoms with Crippen molar-refractivity contribution in [1.82, 2.24) is 0 Å². The van der Waals surface area contributed by atoms with Gasteiger partial charge in [0.25, 0.3) is 6.47 Å². The van der Waals surface area contributed by atoms with Crippen LogP contribution in [-0.4, -0.2) is 18.6 Å². The Morgan fingerprint density at radius 1 is 1.45 bits per heavy atom. The lowest BCUT2D eigenvalue weighted by Crippen LogP contribution is -2.35. The molecule has 1 fully saturated rings. The van der Waals surface area contributed by atoms with Crippen molar-refractivity contribution in [3.63, 3.8) is 0 Å². The molecular weight excluding hydrogens is 142 g/mol. The molecule has 0 saturated heterocycles. The van der Waals surface area contributed by atoms with Gasteiger partial charge in [0.1, 0.15) is 6.10 Å². The molecule has 1 saturated carbocycles. The van der Waals surface area contributed by atoms with E-state index in [1.807, 2.05) is 0 Å². The maximum Gasteiger partial charge on any atom is 0.293 e. The topological polar surface area (TPSA) is 52.3 Å². The zero-order valence-electron chi connectivity index (χ0n) is 6.82. The quantitative estimate of drug-likeness (QED) is 0.599. The average molecular weight is 157 g/mol. The highest BCUT2D eigenvalue weighted by atomic mass is 16.5. The fourth-order valence-corrected chi connectivity index (χ4v) is 1.78. The van der Waals surface area contributed by atoms with Crippen molar-refractivity contribution in [1.29, 1.82) is 0 Å². The highest BCUT2D eigenvalue weighted by molar-refractivity contribution is 5.37. The molecule has 0 heterocycles. The van der Waals surface area contributed by atoms with Crippen LogP contribution < -0.4 is 5.73 Å². The van der Waals surface area contributed by atoms with Gasteiger partial charge in [-0.2, -0.15) is 0 Å². The zero-order valence-corrected chi connectivity index (χ0v) is 6.82. The molecule has 0 radical (unpaired) electrons. The number of nitrogens with two attached hydrogens (primary N) is 1. The van der Waals surface area contributed by atoms with E-state index in [0.29, 0.717) is 12.4 Å². The van der Waals surface area contributed by atoms with Crippen molar-refractivity contribution in [2.75, 3.05) is 0 Å². The molecule has 0 aromatic rings. The van der Waals surface area contributed by atoms with E-state index in [9.17, 15) is 4.79 Å². The normalized spacial score (nSPS) is 38.2. The molecule has 3 unspecified atom stereocenters. The van der Waals surface area contributed by atoms with Crippen LogP contribution in [0.15, 0.2) is 0 Å². The van der Waals surface area contributed by atoms with E-state index >= 15 is 0 Å². The molecule has 64 valence electrons. The van der Waals surface area contributed by atoms with E-state index < -0.39 is 0 Å². The third-order valence-corrected chi connectivity index (χ3v) is 2.18. The second-order valence-corrected chi connectivity index (χ2v) is 3.43. The Morgan fingerprint density at radius 2 is 2.18 bits per heavy atom. The predicted molar refractivity (Wildman–Crippen MR) is 41.9 cm³/mol. The summed E-state index contributed by atoms with van der Waals surface area (Å²) in [6.07, 6.45) is 2.90. The molecule has 2 N–H and O–H groups in total. The van der Waals surface area contributed by atoms with Gasteiger partial charge in [0.05, 0.1) is 0 Å². The van der Waals surface area contributed by atoms with Gasteiger partial charge in [-0.15, -0.1) is 0 Å². The summed E-state index contributed by atoms with van der Waals surface area (Å²) in [7, 11) is 0. The molecule has 0 aromatic heterocycles. The second-order valence-electron chi connectivity index (χ2n) is 3.43. The minimum Gasteiger partial charge on any atom is -0.465 e. The molecule has 3 atom stereocenters. The van der Waals surface area contributed by atoms with Gasteiger partial charge in [-0.05, 0) is 25.2 Å². The Hall–Kier alpha value is -0.570. The molecule has 0 bridgehead atoms. The number of carbonyl (C=O) groups excluding carboxylic acids is 1. The molecule has 0 aliphatic heterocycles. The fourth-order valence-electron chi connectivity index (χ4n) is 1.78. The van der Waals surface area contributed by atoms with Crippen LogP contribution in [0.4, 0.5) is 0 Å². The van der Waals surface area contributed by atoms with Gasteiger partial charge in [0, 0.05) is 6.04 Å². The summed E-state index contributed by atoms with van der Waals surface area (Å²) in [5.41, 5.74) is 5.75. The Kier molecular flexibility index (Phi) is 2.88. The number of hydrogen-bond donors (Lipinski definition) is 1. The van der Waals surface area contributed by atoms with Gasteiger partial charge >= 0.3 is 0 Å². The van der Waals surface area contributed by atoms with Gasteiger partial charge in [-0.3, -0.25) is 4.79 Å². The minimum atomic E-state index is 0.0613. The number of rotatable bonds is 2. The summed E-state index contributed by atoms with van der Waals surface area (Å²) in [6, 6.07) is 0.212. The summed E-state index contributed by atoms with van der Waals surface area (Å²) in [6.45, 7) is 2.66. The summed E-state index contributed by atoms with van der Waals surface area (Å²) in [5.74, 6) is 0.587. The van der Waals surface area contributed by atoms with E-state index in [4.69, 9.17) is 10.5 Å². The number of hydrogen-bond acceptors (Lipinski definition) is 3. The monoisotopic (exact) mass is 157 g/mol. The van der Waals surface area contributed by atoms with Crippen LogP contribution in [0.2, 0.25) is 0 Å². The van der Waals surface area contributed by atoms with E-state index in [1.165, 1.54) is 0 Å². The molecule has 1 rings (SSSR count). The second kappa shape index (κ2) is 3.72. The molecule has 1 aliphatic carbocycles. The first-order valence-corrected chi connectivity index (χ1v) is 4.07. The summed E-state index contributed by atoms with van der Waals surface area (Å²) in [4.78, 5) is 10.0.